The minimum Gasteiger partial charge on any atom is -0.489 e. The average molecular weight is 421 g/mol. The fraction of sp³-hybridized carbons (Fsp3) is 0.680. The summed E-state index contributed by atoms with van der Waals surface area (Å²) in [5.74, 6) is -0.962. The van der Waals surface area contributed by atoms with Crippen LogP contribution in [-0.2, 0) is 9.53 Å². The summed E-state index contributed by atoms with van der Waals surface area (Å²) in [7, 11) is 0. The minimum absolute atomic E-state index is 0.107. The summed E-state index contributed by atoms with van der Waals surface area (Å²) in [6, 6.07) is 6.44. The molecule has 0 saturated carbocycles. The average Bonchev–Trinajstić information content (AvgIpc) is 2.74. The Morgan fingerprint density at radius 2 is 1.30 bits per heavy atom. The second-order valence-corrected chi connectivity index (χ2v) is 7.86. The lowest BCUT2D eigenvalue weighted by Gasteiger charge is -2.09. The van der Waals surface area contributed by atoms with Gasteiger partial charge in [0.1, 0.15) is 24.5 Å². The predicted molar refractivity (Wildman–Crippen MR) is 120 cm³/mol. The normalized spacial score (nSPS) is 10.7. The molecule has 30 heavy (non-hydrogen) atoms. The predicted octanol–water partition coefficient (Wildman–Crippen LogP) is 6.79. The first-order valence-electron chi connectivity index (χ1n) is 11.8. The first-order valence-corrected chi connectivity index (χ1v) is 11.8. The number of hydrogen-bond acceptors (Lipinski definition) is 4. The van der Waals surface area contributed by atoms with E-state index in [1.807, 2.05) is 0 Å². The Kier molecular flexibility index (Phi) is 15.4. The topological polar surface area (TPSA) is 72.8 Å². The van der Waals surface area contributed by atoms with E-state index in [-0.39, 0.29) is 30.5 Å². The Bertz CT molecular complexity index is 585. The zero-order chi connectivity index (χ0) is 21.9. The van der Waals surface area contributed by atoms with Crippen LogP contribution < -0.4 is 4.74 Å². The van der Waals surface area contributed by atoms with Gasteiger partial charge in [0.15, 0.2) is 0 Å². The number of hydrogen-bond donors (Lipinski definition) is 1. The van der Waals surface area contributed by atoms with Gasteiger partial charge in [0.05, 0.1) is 0 Å². The van der Waals surface area contributed by atoms with Crippen LogP contribution in [0.4, 0.5) is 0 Å². The van der Waals surface area contributed by atoms with E-state index in [9.17, 15) is 9.59 Å². The van der Waals surface area contributed by atoms with Crippen molar-refractivity contribution >= 4 is 11.9 Å². The monoisotopic (exact) mass is 420 g/mol. The molecule has 0 radical (unpaired) electrons. The van der Waals surface area contributed by atoms with Crippen LogP contribution in [0.15, 0.2) is 24.3 Å². The van der Waals surface area contributed by atoms with Crippen LogP contribution in [0.5, 0.6) is 5.75 Å². The molecule has 0 aliphatic carbocycles. The minimum atomic E-state index is -1.04. The Morgan fingerprint density at radius 1 is 0.767 bits per heavy atom. The van der Waals surface area contributed by atoms with E-state index >= 15 is 0 Å². The quantitative estimate of drug-likeness (QED) is 0.197. The van der Waals surface area contributed by atoms with Gasteiger partial charge < -0.3 is 14.6 Å². The third-order valence-corrected chi connectivity index (χ3v) is 5.21. The third kappa shape index (κ3) is 13.2. The molecule has 0 saturated heterocycles. The third-order valence-electron chi connectivity index (χ3n) is 5.21. The summed E-state index contributed by atoms with van der Waals surface area (Å²) < 4.78 is 10.6. The van der Waals surface area contributed by atoms with Gasteiger partial charge in [-0.3, -0.25) is 4.79 Å². The lowest BCUT2D eigenvalue weighted by atomic mass is 10.0. The van der Waals surface area contributed by atoms with Gasteiger partial charge in [0.25, 0.3) is 0 Å². The van der Waals surface area contributed by atoms with Crippen LogP contribution in [0.2, 0.25) is 0 Å². The zero-order valence-corrected chi connectivity index (χ0v) is 18.7. The van der Waals surface area contributed by atoms with Gasteiger partial charge in [-0.2, -0.15) is 0 Å². The summed E-state index contributed by atoms with van der Waals surface area (Å²) in [5, 5.41) is 9.09. The number of carboxylic acid groups (broad SMARTS) is 1. The summed E-state index contributed by atoms with van der Waals surface area (Å²) in [5.41, 5.74) is 0.107. The maximum absolute atomic E-state index is 11.8. The molecule has 170 valence electrons. The fourth-order valence-electron chi connectivity index (χ4n) is 3.44. The summed E-state index contributed by atoms with van der Waals surface area (Å²) in [6.07, 6.45) is 17.0. The van der Waals surface area contributed by atoms with Crippen LogP contribution in [0.25, 0.3) is 0 Å². The molecule has 0 spiro atoms. The summed E-state index contributed by atoms with van der Waals surface area (Å²) in [4.78, 5) is 22.9. The molecule has 0 aliphatic heterocycles. The number of rotatable bonds is 19. The molecule has 0 aliphatic rings. The van der Waals surface area contributed by atoms with E-state index < -0.39 is 5.97 Å². The molecule has 5 heteroatoms. The molecule has 1 aromatic rings. The lowest BCUT2D eigenvalue weighted by molar-refractivity contribution is -0.144. The Hall–Kier alpha value is -2.04. The fourth-order valence-corrected chi connectivity index (χ4v) is 3.44. The number of aromatic carboxylic acids is 1. The van der Waals surface area contributed by atoms with Crippen molar-refractivity contribution in [3.63, 3.8) is 0 Å². The molecule has 0 atom stereocenters. The van der Waals surface area contributed by atoms with E-state index in [4.69, 9.17) is 14.6 Å². The molecule has 0 amide bonds. The van der Waals surface area contributed by atoms with Crippen molar-refractivity contribution in [3.05, 3.63) is 29.8 Å². The molecule has 0 heterocycles. The second-order valence-electron chi connectivity index (χ2n) is 7.86. The highest BCUT2D eigenvalue weighted by atomic mass is 16.6. The molecule has 1 N–H and O–H groups in total. The molecular formula is C25H40O5. The highest BCUT2D eigenvalue weighted by Gasteiger charge is 2.10. The van der Waals surface area contributed by atoms with Gasteiger partial charge >= 0.3 is 11.9 Å². The molecule has 1 rings (SSSR count). The first kappa shape index (κ1) is 26.0. The summed E-state index contributed by atoms with van der Waals surface area (Å²) in [6.45, 7) is 2.53. The van der Waals surface area contributed by atoms with E-state index in [0.29, 0.717) is 6.42 Å². The standard InChI is InChI=1S/C25H40O5/c1-2-3-4-5-6-7-8-9-10-11-12-13-14-19-24(26)30-21-20-29-23-18-16-15-17-22(23)25(27)28/h15-18H,2-14,19-21H2,1H3,(H,27,28). The maximum Gasteiger partial charge on any atom is 0.339 e. The van der Waals surface area contributed by atoms with E-state index in [2.05, 4.69) is 6.92 Å². The van der Waals surface area contributed by atoms with Crippen molar-refractivity contribution in [1.29, 1.82) is 0 Å². The molecule has 1 aromatic carbocycles. The van der Waals surface area contributed by atoms with Crippen LogP contribution in [0, 0.1) is 0 Å². The SMILES string of the molecule is CCCCCCCCCCCCCCCC(=O)OCCOc1ccccc1C(=O)O. The molecule has 5 nitrogen and oxygen atoms in total. The second kappa shape index (κ2) is 17.8. The Morgan fingerprint density at radius 3 is 1.87 bits per heavy atom. The highest BCUT2D eigenvalue weighted by molar-refractivity contribution is 5.90. The number of unbranched alkanes of at least 4 members (excludes halogenated alkanes) is 12. The molecule has 0 bridgehead atoms. The van der Waals surface area contributed by atoms with Crippen LogP contribution in [0.3, 0.4) is 0 Å². The number of esters is 1. The van der Waals surface area contributed by atoms with Gasteiger partial charge in [-0.05, 0) is 18.6 Å². The molecule has 0 aromatic heterocycles. The molecular weight excluding hydrogens is 380 g/mol. The van der Waals surface area contributed by atoms with Crippen molar-refractivity contribution < 1.29 is 24.2 Å². The Balaban J connectivity index is 1.91. The first-order chi connectivity index (χ1) is 14.6. The Labute approximate surface area is 182 Å². The molecule has 0 unspecified atom stereocenters. The van der Waals surface area contributed by atoms with Gasteiger partial charge in [0, 0.05) is 6.42 Å². The van der Waals surface area contributed by atoms with E-state index in [1.54, 1.807) is 18.2 Å². The van der Waals surface area contributed by atoms with Crippen molar-refractivity contribution in [2.75, 3.05) is 13.2 Å². The number of carboxylic acids is 1. The molecule has 0 fully saturated rings. The van der Waals surface area contributed by atoms with Gasteiger partial charge in [0.2, 0.25) is 0 Å². The number of carbonyl (C=O) groups is 2. The lowest BCUT2D eigenvalue weighted by Crippen LogP contribution is -2.13. The van der Waals surface area contributed by atoms with Crippen molar-refractivity contribution in [2.45, 2.75) is 96.8 Å². The maximum atomic E-state index is 11.8. The summed E-state index contributed by atoms with van der Waals surface area (Å²) >= 11 is 0. The van der Waals surface area contributed by atoms with Gasteiger partial charge in [-0.25, -0.2) is 4.79 Å². The van der Waals surface area contributed by atoms with Gasteiger partial charge in [-0.15, -0.1) is 0 Å². The van der Waals surface area contributed by atoms with Crippen molar-refractivity contribution in [3.8, 4) is 5.75 Å². The number of para-hydroxylation sites is 1. The van der Waals surface area contributed by atoms with Crippen LogP contribution >= 0.6 is 0 Å². The zero-order valence-electron chi connectivity index (χ0n) is 18.7. The van der Waals surface area contributed by atoms with Crippen molar-refractivity contribution in [1.82, 2.24) is 0 Å². The largest absolute Gasteiger partial charge is 0.489 e. The number of ether oxygens (including phenoxy) is 2. The van der Waals surface area contributed by atoms with E-state index in [1.165, 1.54) is 76.7 Å². The van der Waals surface area contributed by atoms with Crippen molar-refractivity contribution in [2.24, 2.45) is 0 Å². The van der Waals surface area contributed by atoms with Crippen LogP contribution in [0.1, 0.15) is 107 Å². The number of benzene rings is 1. The number of carbonyl (C=O) groups excluding carboxylic acids is 1. The smallest absolute Gasteiger partial charge is 0.339 e. The van der Waals surface area contributed by atoms with Gasteiger partial charge in [-0.1, -0.05) is 96.1 Å². The van der Waals surface area contributed by atoms with Crippen LogP contribution in [-0.4, -0.2) is 30.3 Å². The van der Waals surface area contributed by atoms with E-state index in [0.717, 1.165) is 12.8 Å². The highest BCUT2D eigenvalue weighted by Crippen LogP contribution is 2.17.